The second-order valence-corrected chi connectivity index (χ2v) is 4.98. The summed E-state index contributed by atoms with van der Waals surface area (Å²) in [7, 11) is 0. The van der Waals surface area contributed by atoms with Crippen LogP contribution < -0.4 is 10.6 Å². The van der Waals surface area contributed by atoms with E-state index in [0.29, 0.717) is 24.8 Å². The number of hydrogen-bond donors (Lipinski definition) is 3. The van der Waals surface area contributed by atoms with Crippen molar-refractivity contribution >= 4 is 5.91 Å². The van der Waals surface area contributed by atoms with E-state index in [4.69, 9.17) is 4.74 Å². The highest BCUT2D eigenvalue weighted by atomic mass is 16.5. The van der Waals surface area contributed by atoms with Gasteiger partial charge in [-0.2, -0.15) is 0 Å². The average Bonchev–Trinajstić information content (AvgIpc) is 2.48. The standard InChI is InChI=1S/C15H22N2O3/c18-13-4-1-3-12(11-13)15(19)17-7-2-10-20-14-5-8-16-9-6-14/h1,3-4,11,14,16,18H,2,5-10H2,(H,17,19). The van der Waals surface area contributed by atoms with E-state index < -0.39 is 0 Å². The predicted molar refractivity (Wildman–Crippen MR) is 76.9 cm³/mol. The molecular formula is C15H22N2O3. The number of rotatable bonds is 6. The molecule has 110 valence electrons. The summed E-state index contributed by atoms with van der Waals surface area (Å²) in [6.07, 6.45) is 3.29. The van der Waals surface area contributed by atoms with Crippen LogP contribution in [0.2, 0.25) is 0 Å². The van der Waals surface area contributed by atoms with Crippen LogP contribution in [0, 0.1) is 0 Å². The lowest BCUT2D eigenvalue weighted by molar-refractivity contribution is 0.0318. The van der Waals surface area contributed by atoms with Crippen LogP contribution in [0.1, 0.15) is 29.6 Å². The number of piperidine rings is 1. The number of phenolic OH excluding ortho intramolecular Hbond substituents is 1. The summed E-state index contributed by atoms with van der Waals surface area (Å²) in [5.41, 5.74) is 0.476. The first-order chi connectivity index (χ1) is 9.75. The van der Waals surface area contributed by atoms with Gasteiger partial charge in [-0.05, 0) is 50.6 Å². The molecule has 0 radical (unpaired) electrons. The van der Waals surface area contributed by atoms with Crippen molar-refractivity contribution in [2.24, 2.45) is 0 Å². The average molecular weight is 278 g/mol. The lowest BCUT2D eigenvalue weighted by Gasteiger charge is -2.22. The number of benzene rings is 1. The first-order valence-corrected chi connectivity index (χ1v) is 7.15. The van der Waals surface area contributed by atoms with Gasteiger partial charge in [-0.15, -0.1) is 0 Å². The summed E-state index contributed by atoms with van der Waals surface area (Å²) < 4.78 is 5.76. The number of carbonyl (C=O) groups is 1. The molecule has 2 rings (SSSR count). The quantitative estimate of drug-likeness (QED) is 0.686. The molecule has 5 nitrogen and oxygen atoms in total. The van der Waals surface area contributed by atoms with Crippen LogP contribution in [0.25, 0.3) is 0 Å². The van der Waals surface area contributed by atoms with Crippen LogP contribution in [0.4, 0.5) is 0 Å². The van der Waals surface area contributed by atoms with E-state index >= 15 is 0 Å². The third kappa shape index (κ3) is 4.83. The van der Waals surface area contributed by atoms with Gasteiger partial charge < -0.3 is 20.5 Å². The number of amides is 1. The van der Waals surface area contributed by atoms with E-state index in [1.54, 1.807) is 18.2 Å². The number of phenols is 1. The Morgan fingerprint density at radius 2 is 2.20 bits per heavy atom. The molecule has 1 saturated heterocycles. The number of nitrogens with one attached hydrogen (secondary N) is 2. The molecule has 0 aromatic heterocycles. The molecule has 1 aromatic rings. The summed E-state index contributed by atoms with van der Waals surface area (Å²) >= 11 is 0. The molecule has 3 N–H and O–H groups in total. The Morgan fingerprint density at radius 1 is 1.40 bits per heavy atom. The van der Waals surface area contributed by atoms with E-state index in [2.05, 4.69) is 10.6 Å². The van der Waals surface area contributed by atoms with Crippen molar-refractivity contribution in [3.63, 3.8) is 0 Å². The van der Waals surface area contributed by atoms with E-state index in [0.717, 1.165) is 32.4 Å². The number of carbonyl (C=O) groups excluding carboxylic acids is 1. The van der Waals surface area contributed by atoms with E-state index in [9.17, 15) is 9.90 Å². The van der Waals surface area contributed by atoms with Gasteiger partial charge in [0.15, 0.2) is 0 Å². The Hall–Kier alpha value is -1.59. The fourth-order valence-corrected chi connectivity index (χ4v) is 2.24. The highest BCUT2D eigenvalue weighted by Crippen LogP contribution is 2.10. The van der Waals surface area contributed by atoms with Crippen LogP contribution in [0.3, 0.4) is 0 Å². The van der Waals surface area contributed by atoms with Crippen molar-refractivity contribution in [2.75, 3.05) is 26.2 Å². The van der Waals surface area contributed by atoms with Crippen molar-refractivity contribution in [3.05, 3.63) is 29.8 Å². The Labute approximate surface area is 119 Å². The molecule has 1 aromatic carbocycles. The Kier molecular flexibility index (Phi) is 5.83. The molecule has 0 atom stereocenters. The summed E-state index contributed by atoms with van der Waals surface area (Å²) in [4.78, 5) is 11.8. The molecule has 1 heterocycles. The zero-order chi connectivity index (χ0) is 14.2. The van der Waals surface area contributed by atoms with Crippen LogP contribution in [0.15, 0.2) is 24.3 Å². The van der Waals surface area contributed by atoms with Gasteiger partial charge in [0.05, 0.1) is 6.10 Å². The minimum Gasteiger partial charge on any atom is -0.508 e. The highest BCUT2D eigenvalue weighted by molar-refractivity contribution is 5.94. The third-order valence-corrected chi connectivity index (χ3v) is 3.35. The summed E-state index contributed by atoms with van der Waals surface area (Å²) in [5.74, 6) is -0.0605. The number of hydrogen-bond acceptors (Lipinski definition) is 4. The molecule has 0 spiro atoms. The maximum atomic E-state index is 11.8. The SMILES string of the molecule is O=C(NCCCOC1CCNCC1)c1cccc(O)c1. The third-order valence-electron chi connectivity index (χ3n) is 3.35. The lowest BCUT2D eigenvalue weighted by atomic mass is 10.1. The van der Waals surface area contributed by atoms with E-state index in [-0.39, 0.29) is 11.7 Å². The maximum absolute atomic E-state index is 11.8. The molecule has 5 heteroatoms. The monoisotopic (exact) mass is 278 g/mol. The van der Waals surface area contributed by atoms with E-state index in [1.165, 1.54) is 6.07 Å². The van der Waals surface area contributed by atoms with Gasteiger partial charge in [-0.1, -0.05) is 6.07 Å². The second kappa shape index (κ2) is 7.87. The van der Waals surface area contributed by atoms with Gasteiger partial charge in [0, 0.05) is 18.7 Å². The van der Waals surface area contributed by atoms with Crippen LogP contribution in [-0.2, 0) is 4.74 Å². The molecule has 20 heavy (non-hydrogen) atoms. The molecule has 1 aliphatic rings. The second-order valence-electron chi connectivity index (χ2n) is 4.98. The van der Waals surface area contributed by atoms with Gasteiger partial charge in [-0.25, -0.2) is 0 Å². The molecule has 0 saturated carbocycles. The first-order valence-electron chi connectivity index (χ1n) is 7.15. The molecule has 1 aliphatic heterocycles. The maximum Gasteiger partial charge on any atom is 0.251 e. The zero-order valence-corrected chi connectivity index (χ0v) is 11.6. The van der Waals surface area contributed by atoms with Gasteiger partial charge in [0.25, 0.3) is 5.91 Å². The van der Waals surface area contributed by atoms with Gasteiger partial charge >= 0.3 is 0 Å². The Morgan fingerprint density at radius 3 is 2.95 bits per heavy atom. The molecule has 0 unspecified atom stereocenters. The van der Waals surface area contributed by atoms with Gasteiger partial charge in [-0.3, -0.25) is 4.79 Å². The Balaban J connectivity index is 1.59. The molecule has 1 fully saturated rings. The highest BCUT2D eigenvalue weighted by Gasteiger charge is 2.12. The van der Waals surface area contributed by atoms with Gasteiger partial charge in [0.1, 0.15) is 5.75 Å². The first kappa shape index (κ1) is 14.8. The fraction of sp³-hybridized carbons (Fsp3) is 0.533. The molecule has 1 amide bonds. The smallest absolute Gasteiger partial charge is 0.251 e. The van der Waals surface area contributed by atoms with Gasteiger partial charge in [0.2, 0.25) is 0 Å². The fourth-order valence-electron chi connectivity index (χ4n) is 2.24. The normalized spacial score (nSPS) is 16.0. The molecule has 0 bridgehead atoms. The number of ether oxygens (including phenoxy) is 1. The van der Waals surface area contributed by atoms with Crippen molar-refractivity contribution in [3.8, 4) is 5.75 Å². The van der Waals surface area contributed by atoms with Crippen molar-refractivity contribution in [2.45, 2.75) is 25.4 Å². The van der Waals surface area contributed by atoms with E-state index in [1.807, 2.05) is 0 Å². The predicted octanol–water partition coefficient (Wildman–Crippen LogP) is 1.28. The summed E-state index contributed by atoms with van der Waals surface area (Å²) in [6.45, 7) is 3.31. The topological polar surface area (TPSA) is 70.6 Å². The van der Waals surface area contributed by atoms with Crippen molar-refractivity contribution in [1.29, 1.82) is 0 Å². The van der Waals surface area contributed by atoms with Crippen LogP contribution in [-0.4, -0.2) is 43.4 Å². The summed E-state index contributed by atoms with van der Waals surface area (Å²) in [5, 5.41) is 15.4. The Bertz CT molecular complexity index is 431. The lowest BCUT2D eigenvalue weighted by Crippen LogP contribution is -2.33. The largest absolute Gasteiger partial charge is 0.508 e. The zero-order valence-electron chi connectivity index (χ0n) is 11.6. The van der Waals surface area contributed by atoms with Crippen molar-refractivity contribution in [1.82, 2.24) is 10.6 Å². The minimum absolute atomic E-state index is 0.104. The number of aromatic hydroxyl groups is 1. The summed E-state index contributed by atoms with van der Waals surface area (Å²) in [6, 6.07) is 6.34. The molecular weight excluding hydrogens is 256 g/mol. The molecule has 0 aliphatic carbocycles. The van der Waals surface area contributed by atoms with Crippen molar-refractivity contribution < 1.29 is 14.6 Å². The van der Waals surface area contributed by atoms with Crippen LogP contribution >= 0.6 is 0 Å². The van der Waals surface area contributed by atoms with Crippen LogP contribution in [0.5, 0.6) is 5.75 Å². The minimum atomic E-state index is -0.164.